The summed E-state index contributed by atoms with van der Waals surface area (Å²) in [6.45, 7) is 1.74. The highest BCUT2D eigenvalue weighted by Crippen LogP contribution is 2.29. The van der Waals surface area contributed by atoms with Gasteiger partial charge in [-0.05, 0) is 54.8 Å². The average Bonchev–Trinajstić information content (AvgIpc) is 3.32. The number of nitrogens with one attached hydrogen (secondary N) is 1. The fraction of sp³-hybridized carbons (Fsp3) is 0.346. The molecule has 3 heterocycles. The van der Waals surface area contributed by atoms with Crippen LogP contribution in [0.5, 0.6) is 5.75 Å². The number of anilines is 1. The molecule has 182 valence electrons. The number of aromatic nitrogens is 2. The fourth-order valence-electron chi connectivity index (χ4n) is 4.60. The third kappa shape index (κ3) is 4.90. The number of fused-ring (bicyclic) bond motifs is 1. The maximum absolute atomic E-state index is 13.2. The first kappa shape index (κ1) is 23.0. The molecule has 0 spiro atoms. The van der Waals surface area contributed by atoms with Gasteiger partial charge in [0.15, 0.2) is 5.69 Å². The predicted molar refractivity (Wildman–Crippen MR) is 126 cm³/mol. The molecule has 2 aromatic carbocycles. The lowest BCUT2D eigenvalue weighted by Crippen LogP contribution is -2.42. The number of carbonyl (C=O) groups is 2. The number of ether oxygens (including phenoxy) is 2. The summed E-state index contributed by atoms with van der Waals surface area (Å²) in [7, 11) is 1.60. The van der Waals surface area contributed by atoms with E-state index in [1.165, 1.54) is 12.1 Å². The number of likely N-dealkylation sites (tertiary alicyclic amines) is 1. The van der Waals surface area contributed by atoms with E-state index in [1.807, 2.05) is 4.57 Å². The molecule has 1 N–H and O–H groups in total. The van der Waals surface area contributed by atoms with E-state index in [0.717, 1.165) is 22.7 Å². The first-order chi connectivity index (χ1) is 17.0. The van der Waals surface area contributed by atoms with Gasteiger partial charge >= 0.3 is 0 Å². The fourth-order valence-corrected chi connectivity index (χ4v) is 4.60. The van der Waals surface area contributed by atoms with Crippen LogP contribution in [0.15, 0.2) is 54.9 Å². The van der Waals surface area contributed by atoms with Crippen molar-refractivity contribution in [2.24, 2.45) is 5.92 Å². The summed E-state index contributed by atoms with van der Waals surface area (Å²) in [4.78, 5) is 32.0. The zero-order valence-corrected chi connectivity index (χ0v) is 19.4. The summed E-state index contributed by atoms with van der Waals surface area (Å²) in [5.74, 6) is 0.103. The van der Waals surface area contributed by atoms with Crippen LogP contribution < -0.4 is 10.1 Å². The van der Waals surface area contributed by atoms with E-state index in [0.29, 0.717) is 38.2 Å². The summed E-state index contributed by atoms with van der Waals surface area (Å²) >= 11 is 0. The number of imidazole rings is 1. The second-order valence-electron chi connectivity index (χ2n) is 8.83. The van der Waals surface area contributed by atoms with Crippen LogP contribution >= 0.6 is 0 Å². The van der Waals surface area contributed by atoms with Crippen molar-refractivity contribution in [3.8, 4) is 5.75 Å². The topological polar surface area (TPSA) is 85.7 Å². The van der Waals surface area contributed by atoms with Crippen molar-refractivity contribution in [2.45, 2.75) is 32.1 Å². The van der Waals surface area contributed by atoms with Crippen LogP contribution in [-0.4, -0.2) is 46.5 Å². The largest absolute Gasteiger partial charge is 0.497 e. The summed E-state index contributed by atoms with van der Waals surface area (Å²) in [5.41, 5.74) is 2.74. The molecule has 1 aromatic heterocycles. The molecule has 8 nitrogen and oxygen atoms in total. The van der Waals surface area contributed by atoms with Crippen LogP contribution in [-0.2, 0) is 22.7 Å². The zero-order valence-electron chi connectivity index (χ0n) is 19.4. The maximum atomic E-state index is 13.2. The number of halogens is 1. The van der Waals surface area contributed by atoms with E-state index in [-0.39, 0.29) is 36.3 Å². The molecule has 2 amide bonds. The standard InChI is InChI=1S/C26H27FN4O4/c1-34-21-8-6-20(7-9-21)29-25(32)18-10-12-30(13-11-18)26(33)24-22-15-35-23(14-31(22)16-28-24)17-2-4-19(27)5-3-17/h2-9,16,18,23H,10-15H2,1H3,(H,29,32)/t23-/m1/s1. The molecule has 5 rings (SSSR count). The summed E-state index contributed by atoms with van der Waals surface area (Å²) in [6, 6.07) is 13.5. The van der Waals surface area contributed by atoms with Gasteiger partial charge in [-0.1, -0.05) is 12.1 Å². The number of rotatable bonds is 5. The lowest BCUT2D eigenvalue weighted by atomic mass is 9.95. The summed E-state index contributed by atoms with van der Waals surface area (Å²) < 4.78 is 26.3. The quantitative estimate of drug-likeness (QED) is 0.603. The second kappa shape index (κ2) is 9.87. The first-order valence-corrected chi connectivity index (χ1v) is 11.7. The minimum Gasteiger partial charge on any atom is -0.497 e. The number of benzene rings is 2. The normalized spacial score (nSPS) is 18.1. The van der Waals surface area contributed by atoms with E-state index < -0.39 is 0 Å². The van der Waals surface area contributed by atoms with E-state index in [9.17, 15) is 14.0 Å². The van der Waals surface area contributed by atoms with E-state index in [2.05, 4.69) is 10.3 Å². The smallest absolute Gasteiger partial charge is 0.274 e. The molecule has 2 aliphatic heterocycles. The highest BCUT2D eigenvalue weighted by molar-refractivity contribution is 5.95. The van der Waals surface area contributed by atoms with Crippen molar-refractivity contribution in [2.75, 3.05) is 25.5 Å². The molecule has 0 unspecified atom stereocenters. The molecular formula is C26H27FN4O4. The van der Waals surface area contributed by atoms with Crippen LogP contribution in [0.3, 0.4) is 0 Å². The Bertz CT molecular complexity index is 1200. The Hall–Kier alpha value is -3.72. The molecule has 0 bridgehead atoms. The van der Waals surface area contributed by atoms with Gasteiger partial charge in [0.2, 0.25) is 5.91 Å². The monoisotopic (exact) mass is 478 g/mol. The highest BCUT2D eigenvalue weighted by Gasteiger charge is 2.32. The van der Waals surface area contributed by atoms with E-state index in [1.54, 1.807) is 54.7 Å². The van der Waals surface area contributed by atoms with Crippen LogP contribution in [0.2, 0.25) is 0 Å². The second-order valence-corrected chi connectivity index (χ2v) is 8.83. The lowest BCUT2D eigenvalue weighted by molar-refractivity contribution is -0.121. The van der Waals surface area contributed by atoms with Gasteiger partial charge in [0.25, 0.3) is 5.91 Å². The molecule has 3 aromatic rings. The Morgan fingerprint density at radius 3 is 2.49 bits per heavy atom. The molecule has 0 saturated carbocycles. The Kier molecular flexibility index (Phi) is 6.50. The highest BCUT2D eigenvalue weighted by atomic mass is 19.1. The minimum atomic E-state index is -0.289. The molecule has 0 aliphatic carbocycles. The molecule has 1 atom stereocenters. The van der Waals surface area contributed by atoms with E-state index >= 15 is 0 Å². The number of piperidine rings is 1. The molecule has 1 saturated heterocycles. The average molecular weight is 479 g/mol. The van der Waals surface area contributed by atoms with Gasteiger partial charge in [0, 0.05) is 24.7 Å². The molecule has 9 heteroatoms. The molecular weight excluding hydrogens is 451 g/mol. The van der Waals surface area contributed by atoms with Gasteiger partial charge in [-0.15, -0.1) is 0 Å². The number of hydrogen-bond acceptors (Lipinski definition) is 5. The van der Waals surface area contributed by atoms with Crippen molar-refractivity contribution in [1.29, 1.82) is 0 Å². The van der Waals surface area contributed by atoms with E-state index in [4.69, 9.17) is 9.47 Å². The van der Waals surface area contributed by atoms with Crippen LogP contribution in [0.1, 0.15) is 40.7 Å². The van der Waals surface area contributed by atoms with Crippen molar-refractivity contribution in [1.82, 2.24) is 14.5 Å². The Balaban J connectivity index is 1.17. The summed E-state index contributed by atoms with van der Waals surface area (Å²) in [6.07, 6.45) is 2.62. The minimum absolute atomic E-state index is 0.0399. The third-order valence-corrected chi connectivity index (χ3v) is 6.68. The van der Waals surface area contributed by atoms with Gasteiger partial charge in [-0.3, -0.25) is 9.59 Å². The molecule has 1 fully saturated rings. The van der Waals surface area contributed by atoms with Crippen LogP contribution in [0, 0.1) is 11.7 Å². The SMILES string of the molecule is COc1ccc(NC(=O)C2CCN(C(=O)c3ncn4c3CO[C@@H](c3ccc(F)cc3)C4)CC2)cc1. The molecule has 35 heavy (non-hydrogen) atoms. The van der Waals surface area contributed by atoms with Crippen molar-refractivity contribution < 1.29 is 23.5 Å². The number of carbonyl (C=O) groups excluding carboxylic acids is 2. The number of nitrogens with zero attached hydrogens (tertiary/aromatic N) is 3. The van der Waals surface area contributed by atoms with Crippen molar-refractivity contribution >= 4 is 17.5 Å². The van der Waals surface area contributed by atoms with Gasteiger partial charge < -0.3 is 24.3 Å². The maximum Gasteiger partial charge on any atom is 0.274 e. The molecule has 2 aliphatic rings. The number of hydrogen-bond donors (Lipinski definition) is 1. The van der Waals surface area contributed by atoms with Gasteiger partial charge in [0.05, 0.1) is 32.3 Å². The van der Waals surface area contributed by atoms with Gasteiger partial charge in [-0.25, -0.2) is 9.37 Å². The third-order valence-electron chi connectivity index (χ3n) is 6.68. The van der Waals surface area contributed by atoms with Crippen molar-refractivity contribution in [3.63, 3.8) is 0 Å². The Labute approximate surface area is 202 Å². The van der Waals surface area contributed by atoms with Gasteiger partial charge in [-0.2, -0.15) is 0 Å². The van der Waals surface area contributed by atoms with Crippen molar-refractivity contribution in [3.05, 3.63) is 77.6 Å². The Morgan fingerprint density at radius 2 is 1.80 bits per heavy atom. The number of amides is 2. The Morgan fingerprint density at radius 1 is 1.09 bits per heavy atom. The summed E-state index contributed by atoms with van der Waals surface area (Å²) in [5, 5.41) is 2.95. The first-order valence-electron chi connectivity index (χ1n) is 11.7. The molecule has 0 radical (unpaired) electrons. The van der Waals surface area contributed by atoms with Gasteiger partial charge in [0.1, 0.15) is 17.7 Å². The van der Waals surface area contributed by atoms with Crippen LogP contribution in [0.25, 0.3) is 0 Å². The number of methoxy groups -OCH3 is 1. The lowest BCUT2D eigenvalue weighted by Gasteiger charge is -2.31. The predicted octanol–water partition coefficient (Wildman–Crippen LogP) is 3.79. The van der Waals surface area contributed by atoms with Crippen LogP contribution in [0.4, 0.5) is 10.1 Å². The zero-order chi connectivity index (χ0) is 24.4.